The molecule has 0 bridgehead atoms. The number of aryl methyl sites for hydroxylation is 1. The van der Waals surface area contributed by atoms with Crippen LogP contribution in [0.1, 0.15) is 5.56 Å². The zero-order valence-electron chi connectivity index (χ0n) is 10.3. The van der Waals surface area contributed by atoms with Gasteiger partial charge in [0.15, 0.2) is 0 Å². The Morgan fingerprint density at radius 1 is 1.10 bits per heavy atom. The van der Waals surface area contributed by atoms with E-state index in [-0.39, 0.29) is 10.6 Å². The van der Waals surface area contributed by atoms with Crippen LogP contribution in [0.5, 0.6) is 0 Å². The number of anilines is 1. The third kappa shape index (κ3) is 3.08. The maximum absolute atomic E-state index is 13.5. The average molecular weight is 318 g/mol. The van der Waals surface area contributed by atoms with Crippen LogP contribution < -0.4 is 4.72 Å². The molecule has 0 unspecified atom stereocenters. The lowest BCUT2D eigenvalue weighted by Crippen LogP contribution is -2.14. The molecule has 2 rings (SSSR count). The maximum atomic E-state index is 13.5. The Morgan fingerprint density at radius 2 is 1.80 bits per heavy atom. The zero-order valence-corrected chi connectivity index (χ0v) is 11.9. The van der Waals surface area contributed by atoms with E-state index in [1.807, 2.05) is 0 Å². The number of hydrogen-bond donors (Lipinski definition) is 1. The lowest BCUT2D eigenvalue weighted by molar-refractivity contribution is 0.583. The highest BCUT2D eigenvalue weighted by Gasteiger charge is 2.17. The summed E-state index contributed by atoms with van der Waals surface area (Å²) in [5.41, 5.74) is 0.258. The molecule has 0 aliphatic carbocycles. The molecule has 0 saturated carbocycles. The Hall–Kier alpha value is -1.66. The quantitative estimate of drug-likeness (QED) is 0.937. The predicted octanol–water partition coefficient (Wildman–Crippen LogP) is 3.73. The van der Waals surface area contributed by atoms with Crippen LogP contribution in [-0.2, 0) is 10.0 Å². The lowest BCUT2D eigenvalue weighted by Gasteiger charge is -2.10. The van der Waals surface area contributed by atoms with E-state index < -0.39 is 21.7 Å². The van der Waals surface area contributed by atoms with E-state index in [0.717, 1.165) is 12.1 Å². The van der Waals surface area contributed by atoms with Crippen LogP contribution in [0.4, 0.5) is 14.5 Å². The Bertz CT molecular complexity index is 763. The third-order valence-corrected chi connectivity index (χ3v) is 4.40. The molecule has 0 heterocycles. The zero-order chi connectivity index (χ0) is 14.9. The fourth-order valence-electron chi connectivity index (χ4n) is 1.56. The van der Waals surface area contributed by atoms with E-state index in [0.29, 0.717) is 16.7 Å². The minimum Gasteiger partial charge on any atom is -0.277 e. The van der Waals surface area contributed by atoms with Gasteiger partial charge in [0.05, 0.1) is 10.6 Å². The van der Waals surface area contributed by atoms with Crippen LogP contribution >= 0.6 is 11.6 Å². The van der Waals surface area contributed by atoms with Gasteiger partial charge in [0.1, 0.15) is 11.6 Å². The first-order valence-electron chi connectivity index (χ1n) is 5.53. The van der Waals surface area contributed by atoms with Crippen LogP contribution in [0, 0.1) is 18.6 Å². The van der Waals surface area contributed by atoms with Gasteiger partial charge in [-0.3, -0.25) is 4.72 Å². The van der Waals surface area contributed by atoms with Gasteiger partial charge in [0, 0.05) is 11.1 Å². The summed E-state index contributed by atoms with van der Waals surface area (Å²) in [6.45, 7) is 1.65. The van der Waals surface area contributed by atoms with Crippen molar-refractivity contribution < 1.29 is 17.2 Å². The molecule has 0 amide bonds. The van der Waals surface area contributed by atoms with Crippen molar-refractivity contribution in [2.75, 3.05) is 4.72 Å². The van der Waals surface area contributed by atoms with Crippen molar-refractivity contribution in [3.63, 3.8) is 0 Å². The maximum Gasteiger partial charge on any atom is 0.261 e. The highest BCUT2D eigenvalue weighted by Crippen LogP contribution is 2.23. The van der Waals surface area contributed by atoms with E-state index in [9.17, 15) is 17.2 Å². The van der Waals surface area contributed by atoms with Gasteiger partial charge in [-0.15, -0.1) is 0 Å². The van der Waals surface area contributed by atoms with Crippen LogP contribution in [0.25, 0.3) is 0 Å². The standard InChI is InChI=1S/C13H10ClF2NO2S/c1-8-6-10(3-4-11(8)14)20(18,19)17-13-5-2-9(15)7-12(13)16/h2-7,17H,1H3. The minimum absolute atomic E-state index is 0.0527. The van der Waals surface area contributed by atoms with Crippen molar-refractivity contribution in [1.29, 1.82) is 0 Å². The predicted molar refractivity (Wildman–Crippen MR) is 73.4 cm³/mol. The number of halogens is 3. The Labute approximate surface area is 120 Å². The molecule has 0 saturated heterocycles. The molecule has 0 radical (unpaired) electrons. The molecular weight excluding hydrogens is 308 g/mol. The number of hydrogen-bond acceptors (Lipinski definition) is 2. The molecular formula is C13H10ClF2NO2S. The Kier molecular flexibility index (Phi) is 3.96. The van der Waals surface area contributed by atoms with Gasteiger partial charge in [-0.1, -0.05) is 11.6 Å². The summed E-state index contributed by atoms with van der Waals surface area (Å²) in [4.78, 5) is -0.0527. The number of sulfonamides is 1. The summed E-state index contributed by atoms with van der Waals surface area (Å²) in [5.74, 6) is -1.77. The summed E-state index contributed by atoms with van der Waals surface area (Å²) < 4.78 is 52.5. The van der Waals surface area contributed by atoms with Crippen LogP contribution in [0.2, 0.25) is 5.02 Å². The first-order valence-corrected chi connectivity index (χ1v) is 7.40. The second kappa shape index (κ2) is 5.38. The van der Waals surface area contributed by atoms with Gasteiger partial charge >= 0.3 is 0 Å². The second-order valence-electron chi connectivity index (χ2n) is 4.14. The number of benzene rings is 2. The number of rotatable bonds is 3. The third-order valence-electron chi connectivity index (χ3n) is 2.62. The fourth-order valence-corrected chi connectivity index (χ4v) is 2.83. The summed E-state index contributed by atoms with van der Waals surface area (Å²) in [6.07, 6.45) is 0. The molecule has 0 aromatic heterocycles. The summed E-state index contributed by atoms with van der Waals surface area (Å²) >= 11 is 5.82. The van der Waals surface area contributed by atoms with Gasteiger partial charge in [-0.25, -0.2) is 17.2 Å². The molecule has 106 valence electrons. The van der Waals surface area contributed by atoms with Crippen molar-refractivity contribution in [3.05, 3.63) is 58.6 Å². The SMILES string of the molecule is Cc1cc(S(=O)(=O)Nc2ccc(F)cc2F)ccc1Cl. The lowest BCUT2D eigenvalue weighted by atomic mass is 10.2. The van der Waals surface area contributed by atoms with E-state index in [4.69, 9.17) is 11.6 Å². The molecule has 1 N–H and O–H groups in total. The van der Waals surface area contributed by atoms with E-state index >= 15 is 0 Å². The molecule has 2 aromatic carbocycles. The average Bonchev–Trinajstić information content (AvgIpc) is 2.36. The first-order chi connectivity index (χ1) is 9.29. The van der Waals surface area contributed by atoms with Crippen LogP contribution in [0.15, 0.2) is 41.3 Å². The molecule has 0 spiro atoms. The van der Waals surface area contributed by atoms with Crippen molar-refractivity contribution in [2.45, 2.75) is 11.8 Å². The smallest absolute Gasteiger partial charge is 0.261 e. The van der Waals surface area contributed by atoms with Gasteiger partial charge in [-0.05, 0) is 42.8 Å². The summed E-state index contributed by atoms with van der Waals surface area (Å²) in [5, 5.41) is 0.428. The molecule has 0 aliphatic heterocycles. The van der Waals surface area contributed by atoms with Gasteiger partial charge in [-0.2, -0.15) is 0 Å². The Morgan fingerprint density at radius 3 is 2.40 bits per heavy atom. The summed E-state index contributed by atoms with van der Waals surface area (Å²) in [6, 6.07) is 6.70. The summed E-state index contributed by atoms with van der Waals surface area (Å²) in [7, 11) is -3.96. The van der Waals surface area contributed by atoms with Crippen molar-refractivity contribution in [3.8, 4) is 0 Å². The van der Waals surface area contributed by atoms with Gasteiger partial charge in [0.25, 0.3) is 10.0 Å². The largest absolute Gasteiger partial charge is 0.277 e. The van der Waals surface area contributed by atoms with E-state index in [2.05, 4.69) is 4.72 Å². The molecule has 0 fully saturated rings. The van der Waals surface area contributed by atoms with Crippen molar-refractivity contribution >= 4 is 27.3 Å². The molecule has 2 aromatic rings. The van der Waals surface area contributed by atoms with Gasteiger partial charge in [0.2, 0.25) is 0 Å². The monoisotopic (exact) mass is 317 g/mol. The molecule has 0 atom stereocenters. The van der Waals surface area contributed by atoms with Crippen molar-refractivity contribution in [1.82, 2.24) is 0 Å². The van der Waals surface area contributed by atoms with E-state index in [1.165, 1.54) is 18.2 Å². The minimum atomic E-state index is -3.96. The molecule has 20 heavy (non-hydrogen) atoms. The molecule has 3 nitrogen and oxygen atoms in total. The highest BCUT2D eigenvalue weighted by atomic mass is 35.5. The Balaban J connectivity index is 2.38. The fraction of sp³-hybridized carbons (Fsp3) is 0.0769. The van der Waals surface area contributed by atoms with Crippen molar-refractivity contribution in [2.24, 2.45) is 0 Å². The second-order valence-corrected chi connectivity index (χ2v) is 6.23. The molecule has 7 heteroatoms. The van der Waals surface area contributed by atoms with E-state index in [1.54, 1.807) is 6.92 Å². The topological polar surface area (TPSA) is 46.2 Å². The van der Waals surface area contributed by atoms with Gasteiger partial charge < -0.3 is 0 Å². The van der Waals surface area contributed by atoms with Crippen LogP contribution in [-0.4, -0.2) is 8.42 Å². The highest BCUT2D eigenvalue weighted by molar-refractivity contribution is 7.92. The number of nitrogens with one attached hydrogen (secondary N) is 1. The first kappa shape index (κ1) is 14.7. The molecule has 0 aliphatic rings. The van der Waals surface area contributed by atoms with Crippen LogP contribution in [0.3, 0.4) is 0 Å². The normalized spacial score (nSPS) is 11.4.